The first kappa shape index (κ1) is 8.09. The fourth-order valence-electron chi connectivity index (χ4n) is 1.71. The molecule has 3 nitrogen and oxygen atoms in total. The number of nitrogens with zero attached hydrogens (tertiary/aromatic N) is 1. The predicted octanol–water partition coefficient (Wildman–Crippen LogP) is 1.84. The number of hydrogen-bond acceptors (Lipinski definition) is 3. The Morgan fingerprint density at radius 1 is 1.43 bits per heavy atom. The Labute approximate surface area is 83.5 Å². The standard InChI is InChI=1S/C11H14N2O/c1-2-8(1)7-14-10-4-3-9-5-6-12-11(9)13-10/h3-4,8H,1-2,5-7H2,(H,12,13). The molecule has 0 radical (unpaired) electrons. The van der Waals surface area contributed by atoms with Gasteiger partial charge in [0.2, 0.25) is 5.88 Å². The lowest BCUT2D eigenvalue weighted by Gasteiger charge is -2.05. The highest BCUT2D eigenvalue weighted by atomic mass is 16.5. The number of aromatic nitrogens is 1. The van der Waals surface area contributed by atoms with E-state index in [0.717, 1.165) is 37.2 Å². The maximum absolute atomic E-state index is 5.60. The molecule has 1 aromatic heterocycles. The summed E-state index contributed by atoms with van der Waals surface area (Å²) in [5.74, 6) is 2.57. The van der Waals surface area contributed by atoms with Crippen LogP contribution in [0, 0.1) is 5.92 Å². The van der Waals surface area contributed by atoms with Crippen molar-refractivity contribution in [3.05, 3.63) is 17.7 Å². The summed E-state index contributed by atoms with van der Waals surface area (Å²) in [5.41, 5.74) is 1.31. The second-order valence-corrected chi connectivity index (χ2v) is 4.09. The van der Waals surface area contributed by atoms with Crippen LogP contribution in [0.15, 0.2) is 12.1 Å². The Bertz CT molecular complexity index is 347. The predicted molar refractivity (Wildman–Crippen MR) is 54.6 cm³/mol. The number of hydrogen-bond donors (Lipinski definition) is 1. The van der Waals surface area contributed by atoms with E-state index in [2.05, 4.69) is 16.4 Å². The fourth-order valence-corrected chi connectivity index (χ4v) is 1.71. The molecule has 0 unspecified atom stereocenters. The lowest BCUT2D eigenvalue weighted by atomic mass is 10.2. The molecule has 0 spiro atoms. The van der Waals surface area contributed by atoms with Crippen molar-refractivity contribution in [1.82, 2.24) is 4.98 Å². The second-order valence-electron chi connectivity index (χ2n) is 4.09. The Morgan fingerprint density at radius 2 is 2.36 bits per heavy atom. The highest BCUT2D eigenvalue weighted by molar-refractivity contribution is 5.50. The van der Waals surface area contributed by atoms with Crippen LogP contribution in [-0.4, -0.2) is 18.1 Å². The molecule has 74 valence electrons. The number of nitrogens with one attached hydrogen (secondary N) is 1. The molecule has 2 aliphatic rings. The number of fused-ring (bicyclic) bond motifs is 1. The van der Waals surface area contributed by atoms with Crippen molar-refractivity contribution >= 4 is 5.82 Å². The van der Waals surface area contributed by atoms with Gasteiger partial charge >= 0.3 is 0 Å². The minimum atomic E-state index is 0.769. The minimum absolute atomic E-state index is 0.769. The summed E-state index contributed by atoms with van der Waals surface area (Å²) >= 11 is 0. The van der Waals surface area contributed by atoms with Crippen molar-refractivity contribution < 1.29 is 4.74 Å². The van der Waals surface area contributed by atoms with Gasteiger partial charge in [-0.15, -0.1) is 0 Å². The van der Waals surface area contributed by atoms with Crippen LogP contribution in [0.25, 0.3) is 0 Å². The van der Waals surface area contributed by atoms with Crippen LogP contribution < -0.4 is 10.1 Å². The maximum Gasteiger partial charge on any atom is 0.215 e. The molecule has 3 heteroatoms. The first-order valence-electron chi connectivity index (χ1n) is 5.28. The van der Waals surface area contributed by atoms with Gasteiger partial charge in [-0.2, -0.15) is 4.98 Å². The van der Waals surface area contributed by atoms with E-state index in [1.54, 1.807) is 0 Å². The van der Waals surface area contributed by atoms with Gasteiger partial charge in [0.25, 0.3) is 0 Å². The summed E-state index contributed by atoms with van der Waals surface area (Å²) in [6.07, 6.45) is 3.73. The van der Waals surface area contributed by atoms with E-state index < -0.39 is 0 Å². The molecular formula is C11H14N2O. The molecule has 0 bridgehead atoms. The Balaban J connectivity index is 1.71. The van der Waals surface area contributed by atoms with E-state index >= 15 is 0 Å². The summed E-state index contributed by atoms with van der Waals surface area (Å²) < 4.78 is 5.60. The molecule has 0 amide bonds. The monoisotopic (exact) mass is 190 g/mol. The first-order valence-corrected chi connectivity index (χ1v) is 5.28. The van der Waals surface area contributed by atoms with Gasteiger partial charge in [-0.3, -0.25) is 0 Å². The molecule has 1 aromatic rings. The zero-order chi connectivity index (χ0) is 9.38. The number of ether oxygens (including phenoxy) is 1. The quantitative estimate of drug-likeness (QED) is 0.789. The van der Waals surface area contributed by atoms with Gasteiger partial charge in [-0.1, -0.05) is 0 Å². The molecule has 0 atom stereocenters. The van der Waals surface area contributed by atoms with Gasteiger partial charge in [-0.05, 0) is 36.8 Å². The lowest BCUT2D eigenvalue weighted by molar-refractivity contribution is 0.289. The van der Waals surface area contributed by atoms with Crippen LogP contribution in [0.3, 0.4) is 0 Å². The Hall–Kier alpha value is -1.25. The summed E-state index contributed by atoms with van der Waals surface area (Å²) in [6.45, 7) is 1.85. The zero-order valence-corrected chi connectivity index (χ0v) is 8.12. The minimum Gasteiger partial charge on any atom is -0.477 e. The van der Waals surface area contributed by atoms with Gasteiger partial charge in [0.15, 0.2) is 0 Å². The lowest BCUT2D eigenvalue weighted by Crippen LogP contribution is -2.01. The highest BCUT2D eigenvalue weighted by Gasteiger charge is 2.22. The van der Waals surface area contributed by atoms with E-state index in [4.69, 9.17) is 4.74 Å². The fraction of sp³-hybridized carbons (Fsp3) is 0.545. The maximum atomic E-state index is 5.60. The van der Waals surface area contributed by atoms with Gasteiger partial charge in [0, 0.05) is 12.6 Å². The largest absolute Gasteiger partial charge is 0.477 e. The van der Waals surface area contributed by atoms with Gasteiger partial charge in [0.1, 0.15) is 5.82 Å². The molecular weight excluding hydrogens is 176 g/mol. The summed E-state index contributed by atoms with van der Waals surface area (Å²) in [5, 5.41) is 3.25. The molecule has 0 aromatic carbocycles. The normalized spacial score (nSPS) is 18.9. The topological polar surface area (TPSA) is 34.1 Å². The number of rotatable bonds is 3. The van der Waals surface area contributed by atoms with Crippen LogP contribution in [-0.2, 0) is 6.42 Å². The molecule has 1 aliphatic heterocycles. The average molecular weight is 190 g/mol. The second kappa shape index (κ2) is 3.15. The first-order chi connectivity index (χ1) is 6.92. The van der Waals surface area contributed by atoms with Crippen LogP contribution in [0.1, 0.15) is 18.4 Å². The third kappa shape index (κ3) is 1.54. The number of pyridine rings is 1. The van der Waals surface area contributed by atoms with E-state index in [0.29, 0.717) is 0 Å². The third-order valence-corrected chi connectivity index (χ3v) is 2.80. The van der Waals surface area contributed by atoms with Crippen LogP contribution in [0.2, 0.25) is 0 Å². The van der Waals surface area contributed by atoms with E-state index in [1.165, 1.54) is 18.4 Å². The summed E-state index contributed by atoms with van der Waals surface area (Å²) in [6, 6.07) is 4.10. The Kier molecular flexibility index (Phi) is 1.82. The Morgan fingerprint density at radius 3 is 3.21 bits per heavy atom. The summed E-state index contributed by atoms with van der Waals surface area (Å²) in [4.78, 5) is 4.42. The van der Waals surface area contributed by atoms with Crippen molar-refractivity contribution in [2.75, 3.05) is 18.5 Å². The highest BCUT2D eigenvalue weighted by Crippen LogP contribution is 2.30. The molecule has 0 saturated heterocycles. The van der Waals surface area contributed by atoms with Gasteiger partial charge in [0.05, 0.1) is 6.61 Å². The van der Waals surface area contributed by atoms with E-state index in [-0.39, 0.29) is 0 Å². The molecule has 3 rings (SSSR count). The molecule has 1 N–H and O–H groups in total. The molecule has 14 heavy (non-hydrogen) atoms. The van der Waals surface area contributed by atoms with Gasteiger partial charge < -0.3 is 10.1 Å². The van der Waals surface area contributed by atoms with E-state index in [9.17, 15) is 0 Å². The van der Waals surface area contributed by atoms with Crippen molar-refractivity contribution in [1.29, 1.82) is 0 Å². The molecule has 1 aliphatic carbocycles. The van der Waals surface area contributed by atoms with Crippen molar-refractivity contribution in [3.8, 4) is 5.88 Å². The van der Waals surface area contributed by atoms with E-state index in [1.807, 2.05) is 6.07 Å². The number of anilines is 1. The smallest absolute Gasteiger partial charge is 0.215 e. The van der Waals surface area contributed by atoms with Crippen molar-refractivity contribution in [2.24, 2.45) is 5.92 Å². The zero-order valence-electron chi connectivity index (χ0n) is 8.12. The van der Waals surface area contributed by atoms with Crippen molar-refractivity contribution in [3.63, 3.8) is 0 Å². The summed E-state index contributed by atoms with van der Waals surface area (Å²) in [7, 11) is 0. The SMILES string of the molecule is c1cc2c(nc1OCC1CC1)NCC2. The molecule has 2 heterocycles. The van der Waals surface area contributed by atoms with Crippen LogP contribution >= 0.6 is 0 Å². The molecule has 1 fully saturated rings. The third-order valence-electron chi connectivity index (χ3n) is 2.80. The van der Waals surface area contributed by atoms with Crippen molar-refractivity contribution in [2.45, 2.75) is 19.3 Å². The van der Waals surface area contributed by atoms with Gasteiger partial charge in [-0.25, -0.2) is 0 Å². The molecule has 1 saturated carbocycles. The van der Waals surface area contributed by atoms with Crippen LogP contribution in [0.5, 0.6) is 5.88 Å². The van der Waals surface area contributed by atoms with Crippen LogP contribution in [0.4, 0.5) is 5.82 Å². The average Bonchev–Trinajstić information content (AvgIpc) is 2.92.